The monoisotopic (exact) mass is 344 g/mol. The lowest BCUT2D eigenvalue weighted by molar-refractivity contribution is -0.128. The van der Waals surface area contributed by atoms with Crippen LogP contribution in [0.2, 0.25) is 0 Å². The highest BCUT2D eigenvalue weighted by Crippen LogP contribution is 2.15. The Balaban J connectivity index is 2.70. The first-order valence-corrected chi connectivity index (χ1v) is 9.54. The second kappa shape index (κ2) is 9.57. The van der Waals surface area contributed by atoms with Gasteiger partial charge >= 0.3 is 0 Å². The number of hydroxylamine groups is 1. The molecule has 0 aromatic heterocycles. The van der Waals surface area contributed by atoms with Gasteiger partial charge in [-0.2, -0.15) is 0 Å². The number of nitrogens with one attached hydrogen (secondary N) is 1. The first-order valence-electron chi connectivity index (χ1n) is 7.82. The topological polar surface area (TPSA) is 113 Å². The molecule has 0 bridgehead atoms. The van der Waals surface area contributed by atoms with Crippen LogP contribution in [0.1, 0.15) is 51.9 Å². The molecular weight excluding hydrogens is 320 g/mol. The summed E-state index contributed by atoms with van der Waals surface area (Å²) in [4.78, 5) is 27.2. The molecule has 8 heteroatoms. The molecule has 1 aliphatic heterocycles. The van der Waals surface area contributed by atoms with E-state index < -0.39 is 21.0 Å². The Morgan fingerprint density at radius 2 is 2.13 bits per heavy atom. The van der Waals surface area contributed by atoms with Crippen molar-refractivity contribution < 1.29 is 23.2 Å². The van der Waals surface area contributed by atoms with Gasteiger partial charge in [0, 0.05) is 19.0 Å². The number of hydrogen-bond acceptors (Lipinski definition) is 6. The molecule has 1 atom stereocenters. The molecule has 0 aromatic carbocycles. The first-order chi connectivity index (χ1) is 10.9. The smallest absolute Gasteiger partial charge is 0.261 e. The van der Waals surface area contributed by atoms with Crippen LogP contribution < -0.4 is 5.48 Å². The summed E-state index contributed by atoms with van der Waals surface area (Å²) in [6, 6.07) is 0. The van der Waals surface area contributed by atoms with E-state index >= 15 is 0 Å². The Morgan fingerprint density at radius 1 is 1.39 bits per heavy atom. The highest BCUT2D eigenvalue weighted by atomic mass is 32.2. The Kier molecular flexibility index (Phi) is 8.11. The van der Waals surface area contributed by atoms with Gasteiger partial charge in [0.05, 0.1) is 11.5 Å². The molecule has 130 valence electrons. The lowest BCUT2D eigenvalue weighted by Crippen LogP contribution is -2.40. The van der Waals surface area contributed by atoms with Crippen LogP contribution >= 0.6 is 0 Å². The predicted molar refractivity (Wildman–Crippen MR) is 87.1 cm³/mol. The van der Waals surface area contributed by atoms with Gasteiger partial charge in [-0.25, -0.2) is 13.9 Å². The molecule has 2 N–H and O–H groups in total. The molecule has 0 radical (unpaired) electrons. The Bertz CT molecular complexity index is 581. The molecule has 23 heavy (non-hydrogen) atoms. The van der Waals surface area contributed by atoms with Gasteiger partial charge in [0.25, 0.3) is 5.91 Å². The molecule has 1 heterocycles. The van der Waals surface area contributed by atoms with Gasteiger partial charge in [-0.1, -0.05) is 38.7 Å². The zero-order chi connectivity index (χ0) is 17.3. The van der Waals surface area contributed by atoms with E-state index in [-0.39, 0.29) is 36.5 Å². The van der Waals surface area contributed by atoms with Crippen molar-refractivity contribution in [2.45, 2.75) is 57.1 Å². The molecule has 0 aromatic rings. The third kappa shape index (κ3) is 6.23. The third-order valence-corrected chi connectivity index (χ3v) is 5.83. The maximum atomic E-state index is 12.4. The number of ketones is 1. The van der Waals surface area contributed by atoms with Crippen molar-refractivity contribution in [3.63, 3.8) is 0 Å². The van der Waals surface area contributed by atoms with Gasteiger partial charge in [0.15, 0.2) is 15.6 Å². The Hall–Kier alpha value is -1.54. The fourth-order valence-corrected chi connectivity index (χ4v) is 4.05. The number of carbonyl (C=O) groups excluding carboxylic acids is 2. The van der Waals surface area contributed by atoms with Gasteiger partial charge in [-0.05, 0) is 6.42 Å². The summed E-state index contributed by atoms with van der Waals surface area (Å²) in [5, 5.41) is 7.49. The van der Waals surface area contributed by atoms with E-state index in [0.717, 1.165) is 19.3 Å². The molecule has 0 saturated heterocycles. The standard InChI is InChI=1S/C15H24N2O5S/c1-2-3-4-5-8-14(15(19)17-20)23(21,22)11-9-12-13(18)7-6-10-16-12/h6,10,14,20H,2-5,7-9,11H2,1H3,(H,17,19). The van der Waals surface area contributed by atoms with Crippen LogP contribution in [0, 0.1) is 0 Å². The van der Waals surface area contributed by atoms with Crippen LogP contribution in [0.4, 0.5) is 0 Å². The number of sulfone groups is 1. The minimum absolute atomic E-state index is 0.0182. The fourth-order valence-electron chi connectivity index (χ4n) is 2.38. The molecule has 0 aliphatic carbocycles. The zero-order valence-corrected chi connectivity index (χ0v) is 14.1. The van der Waals surface area contributed by atoms with Crippen LogP contribution in [-0.2, 0) is 19.4 Å². The lowest BCUT2D eigenvalue weighted by atomic mass is 10.1. The number of aliphatic imine (C=N–C) groups is 1. The van der Waals surface area contributed by atoms with Crippen LogP contribution in [0.25, 0.3) is 0 Å². The maximum Gasteiger partial charge on any atom is 0.261 e. The average Bonchev–Trinajstić information content (AvgIpc) is 2.53. The minimum Gasteiger partial charge on any atom is -0.292 e. The highest BCUT2D eigenvalue weighted by molar-refractivity contribution is 7.92. The average molecular weight is 344 g/mol. The van der Waals surface area contributed by atoms with E-state index in [4.69, 9.17) is 5.21 Å². The fraction of sp³-hybridized carbons (Fsp3) is 0.667. The van der Waals surface area contributed by atoms with Crippen molar-refractivity contribution in [3.8, 4) is 0 Å². The SMILES string of the molecule is CCCCCCC(C(=O)NO)S(=O)(=O)CCC1=NC=CCC1=O. The van der Waals surface area contributed by atoms with Gasteiger partial charge in [-0.3, -0.25) is 19.8 Å². The van der Waals surface area contributed by atoms with Crippen LogP contribution in [-0.4, -0.2) is 42.0 Å². The number of Topliss-reactive ketones (excluding diaryl/α,β-unsaturated/α-hetero) is 1. The van der Waals surface area contributed by atoms with Gasteiger partial charge in [-0.15, -0.1) is 0 Å². The second-order valence-electron chi connectivity index (χ2n) is 5.52. The number of nitrogens with zero attached hydrogens (tertiary/aromatic N) is 1. The predicted octanol–water partition coefficient (Wildman–Crippen LogP) is 1.56. The van der Waals surface area contributed by atoms with E-state index in [1.165, 1.54) is 11.7 Å². The van der Waals surface area contributed by atoms with Gasteiger partial charge < -0.3 is 0 Å². The summed E-state index contributed by atoms with van der Waals surface area (Å²) in [6.07, 6.45) is 6.83. The van der Waals surface area contributed by atoms with Crippen LogP contribution in [0.3, 0.4) is 0 Å². The Labute approximate surface area is 136 Å². The van der Waals surface area contributed by atoms with E-state index in [1.54, 1.807) is 6.08 Å². The van der Waals surface area contributed by atoms with Crippen molar-refractivity contribution in [1.29, 1.82) is 0 Å². The van der Waals surface area contributed by atoms with Crippen LogP contribution in [0.5, 0.6) is 0 Å². The van der Waals surface area contributed by atoms with Crippen molar-refractivity contribution in [2.24, 2.45) is 4.99 Å². The molecule has 1 amide bonds. The number of rotatable bonds is 10. The molecular formula is C15H24N2O5S. The number of allylic oxidation sites excluding steroid dienone is 1. The van der Waals surface area contributed by atoms with E-state index in [0.29, 0.717) is 6.42 Å². The molecule has 7 nitrogen and oxygen atoms in total. The second-order valence-corrected chi connectivity index (χ2v) is 7.82. The van der Waals surface area contributed by atoms with Crippen molar-refractivity contribution in [2.75, 3.05) is 5.75 Å². The molecule has 0 spiro atoms. The van der Waals surface area contributed by atoms with Crippen LogP contribution in [0.15, 0.2) is 17.3 Å². The largest absolute Gasteiger partial charge is 0.292 e. The highest BCUT2D eigenvalue weighted by Gasteiger charge is 2.32. The van der Waals surface area contributed by atoms with E-state index in [9.17, 15) is 18.0 Å². The molecule has 1 rings (SSSR count). The minimum atomic E-state index is -3.77. The zero-order valence-electron chi connectivity index (χ0n) is 13.3. The molecule has 1 unspecified atom stereocenters. The number of unbranched alkanes of at least 4 members (excludes halogenated alkanes) is 3. The first kappa shape index (κ1) is 19.5. The maximum absolute atomic E-state index is 12.4. The summed E-state index contributed by atoms with van der Waals surface area (Å²) < 4.78 is 24.8. The van der Waals surface area contributed by atoms with Gasteiger partial charge in [0.2, 0.25) is 0 Å². The van der Waals surface area contributed by atoms with E-state index in [1.807, 2.05) is 6.92 Å². The summed E-state index contributed by atoms with van der Waals surface area (Å²) in [5.41, 5.74) is 1.65. The Morgan fingerprint density at radius 3 is 2.74 bits per heavy atom. The van der Waals surface area contributed by atoms with Crippen molar-refractivity contribution >= 4 is 27.2 Å². The van der Waals surface area contributed by atoms with E-state index in [2.05, 4.69) is 4.99 Å². The summed E-state index contributed by atoms with van der Waals surface area (Å²) in [7, 11) is -3.77. The van der Waals surface area contributed by atoms with Crippen molar-refractivity contribution in [3.05, 3.63) is 12.3 Å². The summed E-state index contributed by atoms with van der Waals surface area (Å²) in [6.45, 7) is 2.03. The lowest BCUT2D eigenvalue weighted by Gasteiger charge is -2.16. The quantitative estimate of drug-likeness (QED) is 0.355. The number of amides is 1. The third-order valence-electron chi connectivity index (χ3n) is 3.74. The van der Waals surface area contributed by atoms with Gasteiger partial charge in [0.1, 0.15) is 5.25 Å². The molecule has 0 fully saturated rings. The molecule has 1 aliphatic rings. The summed E-state index contributed by atoms with van der Waals surface area (Å²) in [5.74, 6) is -1.45. The number of hydrogen-bond donors (Lipinski definition) is 2. The molecule has 0 saturated carbocycles. The number of carbonyl (C=O) groups is 2. The summed E-state index contributed by atoms with van der Waals surface area (Å²) >= 11 is 0. The normalized spacial score (nSPS) is 16.1. The van der Waals surface area contributed by atoms with Crippen molar-refractivity contribution in [1.82, 2.24) is 5.48 Å².